The molecule has 1 atom stereocenters. The van der Waals surface area contributed by atoms with Gasteiger partial charge in [0, 0.05) is 10.9 Å². The Morgan fingerprint density at radius 3 is 1.81 bits per heavy atom. The van der Waals surface area contributed by atoms with Gasteiger partial charge in [-0.1, -0.05) is 113 Å². The first-order valence-corrected chi connectivity index (χ1v) is 12.1. The van der Waals surface area contributed by atoms with E-state index in [1.807, 2.05) is 0 Å². The SMILES string of the molecule is C=C(C)C(=O)OCCC(CCBr)CCCCCCCCCCCCCC. The van der Waals surface area contributed by atoms with Crippen LogP contribution in [0.15, 0.2) is 12.2 Å². The van der Waals surface area contributed by atoms with Gasteiger partial charge in [0.15, 0.2) is 0 Å². The van der Waals surface area contributed by atoms with Crippen LogP contribution in [0.5, 0.6) is 0 Å². The fraction of sp³-hybridized carbons (Fsp3) is 0.870. The van der Waals surface area contributed by atoms with E-state index in [9.17, 15) is 4.79 Å². The van der Waals surface area contributed by atoms with Crippen LogP contribution in [0.25, 0.3) is 0 Å². The van der Waals surface area contributed by atoms with Crippen LogP contribution in [0, 0.1) is 5.92 Å². The smallest absolute Gasteiger partial charge is 0.333 e. The molecule has 3 heteroatoms. The van der Waals surface area contributed by atoms with Crippen LogP contribution in [-0.2, 0) is 9.53 Å². The first kappa shape index (κ1) is 25.7. The number of alkyl halides is 1. The lowest BCUT2D eigenvalue weighted by Crippen LogP contribution is -2.11. The van der Waals surface area contributed by atoms with Crippen molar-refractivity contribution < 1.29 is 9.53 Å². The molecule has 0 bridgehead atoms. The highest BCUT2D eigenvalue weighted by atomic mass is 79.9. The Balaban J connectivity index is 3.50. The second kappa shape index (κ2) is 19.5. The Hall–Kier alpha value is -0.310. The van der Waals surface area contributed by atoms with Gasteiger partial charge in [-0.3, -0.25) is 0 Å². The van der Waals surface area contributed by atoms with Crippen LogP contribution in [0.2, 0.25) is 0 Å². The van der Waals surface area contributed by atoms with Crippen molar-refractivity contribution in [3.63, 3.8) is 0 Å². The second-order valence-corrected chi connectivity index (χ2v) is 8.52. The van der Waals surface area contributed by atoms with E-state index in [-0.39, 0.29) is 5.97 Å². The number of esters is 1. The average molecular weight is 431 g/mol. The van der Waals surface area contributed by atoms with Gasteiger partial charge in [0.05, 0.1) is 6.61 Å². The summed E-state index contributed by atoms with van der Waals surface area (Å²) in [5.74, 6) is 0.406. The van der Waals surface area contributed by atoms with Crippen LogP contribution >= 0.6 is 15.9 Å². The molecule has 1 unspecified atom stereocenters. The van der Waals surface area contributed by atoms with Gasteiger partial charge in [-0.2, -0.15) is 0 Å². The number of rotatable bonds is 19. The lowest BCUT2D eigenvalue weighted by molar-refractivity contribution is -0.139. The first-order chi connectivity index (χ1) is 12.6. The van der Waals surface area contributed by atoms with Crippen molar-refractivity contribution >= 4 is 21.9 Å². The molecule has 0 aromatic carbocycles. The van der Waals surface area contributed by atoms with Crippen LogP contribution in [0.4, 0.5) is 0 Å². The molecule has 0 spiro atoms. The third kappa shape index (κ3) is 17.1. The Morgan fingerprint density at radius 1 is 0.846 bits per heavy atom. The van der Waals surface area contributed by atoms with Crippen molar-refractivity contribution in [1.29, 1.82) is 0 Å². The van der Waals surface area contributed by atoms with E-state index in [1.165, 1.54) is 89.9 Å². The van der Waals surface area contributed by atoms with E-state index in [0.717, 1.165) is 11.8 Å². The highest BCUT2D eigenvalue weighted by Crippen LogP contribution is 2.20. The molecule has 0 aromatic heterocycles. The molecule has 0 amide bonds. The molecule has 0 rings (SSSR count). The molecular formula is C23H43BrO2. The lowest BCUT2D eigenvalue weighted by atomic mass is 9.95. The van der Waals surface area contributed by atoms with E-state index < -0.39 is 0 Å². The van der Waals surface area contributed by atoms with Gasteiger partial charge in [0.1, 0.15) is 0 Å². The zero-order valence-electron chi connectivity index (χ0n) is 17.5. The predicted molar refractivity (Wildman–Crippen MR) is 118 cm³/mol. The number of ether oxygens (including phenoxy) is 1. The van der Waals surface area contributed by atoms with Crippen molar-refractivity contribution in [2.24, 2.45) is 5.92 Å². The minimum atomic E-state index is -0.257. The first-order valence-electron chi connectivity index (χ1n) is 11.0. The van der Waals surface area contributed by atoms with Crippen LogP contribution < -0.4 is 0 Å². The molecule has 0 saturated carbocycles. The topological polar surface area (TPSA) is 26.3 Å². The largest absolute Gasteiger partial charge is 0.462 e. The molecule has 0 radical (unpaired) electrons. The summed E-state index contributed by atoms with van der Waals surface area (Å²) >= 11 is 3.55. The zero-order chi connectivity index (χ0) is 19.5. The number of unbranched alkanes of at least 4 members (excludes halogenated alkanes) is 11. The van der Waals surface area contributed by atoms with Crippen molar-refractivity contribution in [1.82, 2.24) is 0 Å². The third-order valence-electron chi connectivity index (χ3n) is 5.09. The predicted octanol–water partition coefficient (Wildman–Crippen LogP) is 7.99. The molecule has 0 aliphatic carbocycles. The Morgan fingerprint density at radius 2 is 1.35 bits per heavy atom. The zero-order valence-corrected chi connectivity index (χ0v) is 19.1. The van der Waals surface area contributed by atoms with E-state index in [0.29, 0.717) is 18.1 Å². The average Bonchev–Trinajstić information content (AvgIpc) is 2.62. The van der Waals surface area contributed by atoms with Gasteiger partial charge in [0.25, 0.3) is 0 Å². The van der Waals surface area contributed by atoms with Crippen LogP contribution in [0.1, 0.15) is 110 Å². The molecular weight excluding hydrogens is 388 g/mol. The fourth-order valence-corrected chi connectivity index (χ4v) is 3.95. The minimum absolute atomic E-state index is 0.257. The molecule has 0 heterocycles. The summed E-state index contributed by atoms with van der Waals surface area (Å²) in [6.07, 6.45) is 20.1. The van der Waals surface area contributed by atoms with Gasteiger partial charge in [-0.05, 0) is 25.7 Å². The van der Waals surface area contributed by atoms with Crippen molar-refractivity contribution in [2.45, 2.75) is 110 Å². The molecule has 0 saturated heterocycles. The van der Waals surface area contributed by atoms with E-state index in [4.69, 9.17) is 4.74 Å². The summed E-state index contributed by atoms with van der Waals surface area (Å²) in [4.78, 5) is 11.4. The molecule has 0 aliphatic rings. The maximum Gasteiger partial charge on any atom is 0.333 e. The Labute approximate surface area is 171 Å². The minimum Gasteiger partial charge on any atom is -0.462 e. The number of halogens is 1. The number of hydrogen-bond acceptors (Lipinski definition) is 2. The molecule has 26 heavy (non-hydrogen) atoms. The quantitative estimate of drug-likeness (QED) is 0.0896. The number of carbonyl (C=O) groups is 1. The van der Waals surface area contributed by atoms with E-state index in [2.05, 4.69) is 29.4 Å². The van der Waals surface area contributed by atoms with E-state index in [1.54, 1.807) is 6.92 Å². The number of hydrogen-bond donors (Lipinski definition) is 0. The number of carbonyl (C=O) groups excluding carboxylic acids is 1. The Bertz CT molecular complexity index is 341. The lowest BCUT2D eigenvalue weighted by Gasteiger charge is -2.15. The molecule has 0 fully saturated rings. The van der Waals surface area contributed by atoms with E-state index >= 15 is 0 Å². The van der Waals surface area contributed by atoms with Gasteiger partial charge < -0.3 is 4.74 Å². The fourth-order valence-electron chi connectivity index (χ4n) is 3.30. The summed E-state index contributed by atoms with van der Waals surface area (Å²) in [6, 6.07) is 0. The summed E-state index contributed by atoms with van der Waals surface area (Å²) in [6.45, 7) is 8.13. The Kier molecular flexibility index (Phi) is 19.2. The standard InChI is InChI=1S/C23H43BrO2/c1-4-5-6-7-8-9-10-11-12-13-14-15-16-22(17-19-24)18-20-26-23(25)21(2)3/h22H,2,4-20H2,1,3H3. The van der Waals surface area contributed by atoms with Gasteiger partial charge >= 0.3 is 5.97 Å². The van der Waals surface area contributed by atoms with Crippen molar-refractivity contribution in [3.05, 3.63) is 12.2 Å². The molecule has 0 aliphatic heterocycles. The maximum absolute atomic E-state index is 11.4. The third-order valence-corrected chi connectivity index (χ3v) is 5.55. The monoisotopic (exact) mass is 430 g/mol. The van der Waals surface area contributed by atoms with Gasteiger partial charge in [0.2, 0.25) is 0 Å². The molecule has 0 aromatic rings. The molecule has 0 N–H and O–H groups in total. The van der Waals surface area contributed by atoms with Crippen molar-refractivity contribution in [2.75, 3.05) is 11.9 Å². The van der Waals surface area contributed by atoms with Gasteiger partial charge in [-0.25, -0.2) is 4.79 Å². The normalized spacial score (nSPS) is 12.1. The summed E-state index contributed by atoms with van der Waals surface area (Å²) in [7, 11) is 0. The molecule has 2 nitrogen and oxygen atoms in total. The summed E-state index contributed by atoms with van der Waals surface area (Å²) in [5, 5.41) is 1.03. The molecule has 154 valence electrons. The maximum atomic E-state index is 11.4. The van der Waals surface area contributed by atoms with Crippen molar-refractivity contribution in [3.8, 4) is 0 Å². The van der Waals surface area contributed by atoms with Gasteiger partial charge in [-0.15, -0.1) is 0 Å². The highest BCUT2D eigenvalue weighted by Gasteiger charge is 2.10. The van der Waals surface area contributed by atoms with Crippen LogP contribution in [0.3, 0.4) is 0 Å². The second-order valence-electron chi connectivity index (χ2n) is 7.73. The highest BCUT2D eigenvalue weighted by molar-refractivity contribution is 9.09. The summed E-state index contributed by atoms with van der Waals surface area (Å²) in [5.41, 5.74) is 0.489. The summed E-state index contributed by atoms with van der Waals surface area (Å²) < 4.78 is 5.24. The van der Waals surface area contributed by atoms with Crippen LogP contribution in [-0.4, -0.2) is 17.9 Å².